The number of aliphatic hydroxyl groups excluding tert-OH is 1. The van der Waals surface area contributed by atoms with E-state index >= 15 is 0 Å². The third kappa shape index (κ3) is 6.54. The summed E-state index contributed by atoms with van der Waals surface area (Å²) in [5.41, 5.74) is 0.614. The molecule has 3 N–H and O–H groups in total. The zero-order chi connectivity index (χ0) is 25.9. The maximum Gasteiger partial charge on any atom is 0.241 e. The highest BCUT2D eigenvalue weighted by molar-refractivity contribution is 7.89. The second-order valence-corrected chi connectivity index (χ2v) is 11.6. The van der Waals surface area contributed by atoms with Crippen molar-refractivity contribution >= 4 is 21.7 Å². The highest BCUT2D eigenvalue weighted by Gasteiger charge is 2.56. The van der Waals surface area contributed by atoms with Gasteiger partial charge in [-0.05, 0) is 48.1 Å². The van der Waals surface area contributed by atoms with Crippen LogP contribution >= 0.6 is 0 Å². The summed E-state index contributed by atoms with van der Waals surface area (Å²) >= 11 is 0. The number of amides is 1. The van der Waals surface area contributed by atoms with Crippen molar-refractivity contribution in [3.05, 3.63) is 66.0 Å². The Labute approximate surface area is 206 Å². The minimum absolute atomic E-state index is 0.0134. The van der Waals surface area contributed by atoms with Crippen LogP contribution in [0.4, 0.5) is 4.39 Å². The highest BCUT2D eigenvalue weighted by atomic mass is 32.2. The fourth-order valence-electron chi connectivity index (χ4n) is 4.34. The molecule has 0 radical (unpaired) electrons. The Hall–Kier alpha value is -2.62. The molecule has 0 heterocycles. The fraction of sp³-hybridized carbons (Fsp3) is 0.462. The molecule has 1 aliphatic rings. The first-order valence-electron chi connectivity index (χ1n) is 11.8. The summed E-state index contributed by atoms with van der Waals surface area (Å²) < 4.78 is 41.5. The average Bonchev–Trinajstić information content (AvgIpc) is 3.47. The van der Waals surface area contributed by atoms with E-state index in [1.165, 1.54) is 36.4 Å². The van der Waals surface area contributed by atoms with Gasteiger partial charge in [-0.3, -0.25) is 9.59 Å². The van der Waals surface area contributed by atoms with E-state index in [0.29, 0.717) is 5.56 Å². The van der Waals surface area contributed by atoms with Gasteiger partial charge in [0.05, 0.1) is 28.9 Å². The second-order valence-electron chi connectivity index (χ2n) is 9.84. The molecule has 1 fully saturated rings. The van der Waals surface area contributed by atoms with Crippen LogP contribution in [0.1, 0.15) is 45.6 Å². The lowest BCUT2D eigenvalue weighted by atomic mass is 9.92. The van der Waals surface area contributed by atoms with Gasteiger partial charge in [0.1, 0.15) is 17.6 Å². The molecule has 5 atom stereocenters. The zero-order valence-corrected chi connectivity index (χ0v) is 21.1. The average molecular weight is 505 g/mol. The molecule has 7 nitrogen and oxygen atoms in total. The minimum Gasteiger partial charge on any atom is -0.390 e. The summed E-state index contributed by atoms with van der Waals surface area (Å²) in [6.07, 6.45) is -0.925. The molecule has 0 spiro atoms. The number of nitrogens with one attached hydrogen (secondary N) is 2. The maximum absolute atomic E-state index is 13.3. The van der Waals surface area contributed by atoms with Gasteiger partial charge in [0.2, 0.25) is 15.9 Å². The normalized spacial score (nSPS) is 20.5. The van der Waals surface area contributed by atoms with Crippen LogP contribution in [0, 0.1) is 23.6 Å². The first kappa shape index (κ1) is 27.0. The van der Waals surface area contributed by atoms with Crippen LogP contribution in [0.2, 0.25) is 0 Å². The number of benzene rings is 2. The van der Waals surface area contributed by atoms with Gasteiger partial charge >= 0.3 is 0 Å². The van der Waals surface area contributed by atoms with Gasteiger partial charge in [-0.2, -0.15) is 4.72 Å². The molecule has 1 aliphatic carbocycles. The van der Waals surface area contributed by atoms with E-state index < -0.39 is 51.8 Å². The standard InChI is InChI=1S/C26H33FN2O5S/c1-15(2)14-20(29-35(33,34)19-8-6-5-7-9-19)26(32)28-23(16(3)4)25(31)22-21(24(22)30)17-10-12-18(27)13-11-17/h5-13,15-16,20-23,25,29,31H,14H2,1-4H3,(H,28,32)/t20-,21?,22?,23-,25-/m0/s1. The van der Waals surface area contributed by atoms with E-state index in [9.17, 15) is 27.5 Å². The smallest absolute Gasteiger partial charge is 0.241 e. The molecular formula is C26H33FN2O5S. The highest BCUT2D eigenvalue weighted by Crippen LogP contribution is 2.46. The summed E-state index contributed by atoms with van der Waals surface area (Å²) in [5, 5.41) is 13.8. The lowest BCUT2D eigenvalue weighted by Gasteiger charge is -2.30. The molecule has 0 bridgehead atoms. The third-order valence-corrected chi connectivity index (χ3v) is 7.74. The van der Waals surface area contributed by atoms with E-state index in [-0.39, 0.29) is 28.9 Å². The van der Waals surface area contributed by atoms with Crippen molar-refractivity contribution in [2.24, 2.45) is 17.8 Å². The monoisotopic (exact) mass is 504 g/mol. The van der Waals surface area contributed by atoms with Gasteiger partial charge < -0.3 is 10.4 Å². The lowest BCUT2D eigenvalue weighted by Crippen LogP contribution is -2.55. The molecule has 0 saturated heterocycles. The Morgan fingerprint density at radius 3 is 2.17 bits per heavy atom. The van der Waals surface area contributed by atoms with Crippen LogP contribution < -0.4 is 10.0 Å². The predicted molar refractivity (Wildman–Crippen MR) is 130 cm³/mol. The Bertz CT molecular complexity index is 1140. The molecule has 0 aliphatic heterocycles. The second kappa shape index (κ2) is 11.0. The van der Waals surface area contributed by atoms with Crippen molar-refractivity contribution in [2.45, 2.75) is 63.1 Å². The number of halogens is 1. The Morgan fingerprint density at radius 2 is 1.63 bits per heavy atom. The number of rotatable bonds is 11. The van der Waals surface area contributed by atoms with Gasteiger partial charge in [0, 0.05) is 0 Å². The molecule has 2 aromatic carbocycles. The van der Waals surface area contributed by atoms with Crippen LogP contribution in [0.25, 0.3) is 0 Å². The lowest BCUT2D eigenvalue weighted by molar-refractivity contribution is -0.125. The van der Waals surface area contributed by atoms with E-state index in [0.717, 1.165) is 0 Å². The van der Waals surface area contributed by atoms with E-state index in [1.807, 2.05) is 13.8 Å². The first-order valence-corrected chi connectivity index (χ1v) is 13.3. The maximum atomic E-state index is 13.3. The number of carbonyl (C=O) groups is 2. The molecule has 1 saturated carbocycles. The summed E-state index contributed by atoms with van der Waals surface area (Å²) in [5.74, 6) is -2.67. The summed E-state index contributed by atoms with van der Waals surface area (Å²) in [6, 6.07) is 11.5. The number of Topliss-reactive ketones (excluding diaryl/α,β-unsaturated/α-hetero) is 1. The topological polar surface area (TPSA) is 113 Å². The Balaban J connectivity index is 1.76. The van der Waals surface area contributed by atoms with Crippen LogP contribution in [0.15, 0.2) is 59.5 Å². The fourth-order valence-corrected chi connectivity index (χ4v) is 5.57. The number of aliphatic hydroxyl groups is 1. The van der Waals surface area contributed by atoms with E-state index in [4.69, 9.17) is 0 Å². The van der Waals surface area contributed by atoms with Crippen molar-refractivity contribution < 1.29 is 27.5 Å². The molecule has 9 heteroatoms. The molecule has 2 aromatic rings. The summed E-state index contributed by atoms with van der Waals surface area (Å²) in [7, 11) is -3.95. The van der Waals surface area contributed by atoms with Gasteiger partial charge in [-0.25, -0.2) is 12.8 Å². The van der Waals surface area contributed by atoms with Gasteiger partial charge in [-0.1, -0.05) is 58.0 Å². The van der Waals surface area contributed by atoms with Gasteiger partial charge in [-0.15, -0.1) is 0 Å². The van der Waals surface area contributed by atoms with Gasteiger partial charge in [0.15, 0.2) is 0 Å². The number of hydrogen-bond acceptors (Lipinski definition) is 5. The van der Waals surface area contributed by atoms with Crippen molar-refractivity contribution in [3.63, 3.8) is 0 Å². The summed E-state index contributed by atoms with van der Waals surface area (Å²) in [4.78, 5) is 25.8. The molecular weight excluding hydrogens is 471 g/mol. The van der Waals surface area contributed by atoms with Gasteiger partial charge in [0.25, 0.3) is 0 Å². The Morgan fingerprint density at radius 1 is 1.03 bits per heavy atom. The van der Waals surface area contributed by atoms with Crippen LogP contribution in [-0.4, -0.2) is 43.4 Å². The van der Waals surface area contributed by atoms with Crippen molar-refractivity contribution in [2.75, 3.05) is 0 Å². The molecule has 35 heavy (non-hydrogen) atoms. The van der Waals surface area contributed by atoms with Crippen molar-refractivity contribution in [1.82, 2.24) is 10.0 Å². The third-order valence-electron chi connectivity index (χ3n) is 6.25. The number of hydrogen-bond donors (Lipinski definition) is 3. The quantitative estimate of drug-likeness (QED) is 0.436. The first-order chi connectivity index (χ1) is 16.4. The molecule has 2 unspecified atom stereocenters. The van der Waals surface area contributed by atoms with Crippen LogP contribution in [0.5, 0.6) is 0 Å². The van der Waals surface area contributed by atoms with E-state index in [1.54, 1.807) is 32.0 Å². The Kier molecular flexibility index (Phi) is 8.46. The molecule has 1 amide bonds. The van der Waals surface area contributed by atoms with Crippen molar-refractivity contribution in [3.8, 4) is 0 Å². The minimum atomic E-state index is -3.95. The SMILES string of the molecule is CC(C)C[C@H](NS(=O)(=O)c1ccccc1)C(=O)N[C@@H](C(C)C)[C@@H](O)C1C(=O)C1c1ccc(F)cc1. The summed E-state index contributed by atoms with van der Waals surface area (Å²) in [6.45, 7) is 7.36. The number of sulfonamides is 1. The van der Waals surface area contributed by atoms with E-state index in [2.05, 4.69) is 10.0 Å². The molecule has 190 valence electrons. The van der Waals surface area contributed by atoms with Crippen LogP contribution in [0.3, 0.4) is 0 Å². The predicted octanol–water partition coefficient (Wildman–Crippen LogP) is 3.00. The largest absolute Gasteiger partial charge is 0.390 e. The van der Waals surface area contributed by atoms with Crippen molar-refractivity contribution in [1.29, 1.82) is 0 Å². The number of ketones is 1. The van der Waals surface area contributed by atoms with Crippen LogP contribution in [-0.2, 0) is 19.6 Å². The zero-order valence-electron chi connectivity index (χ0n) is 20.3. The number of carbonyl (C=O) groups excluding carboxylic acids is 2. The molecule has 3 rings (SSSR count). The molecule has 0 aromatic heterocycles.